The van der Waals surface area contributed by atoms with Crippen LogP contribution in [-0.4, -0.2) is 34.3 Å². The van der Waals surface area contributed by atoms with E-state index in [1.54, 1.807) is 0 Å². The van der Waals surface area contributed by atoms with E-state index in [0.29, 0.717) is 12.2 Å². The summed E-state index contributed by atoms with van der Waals surface area (Å²) >= 11 is 0. The van der Waals surface area contributed by atoms with Gasteiger partial charge in [-0.1, -0.05) is 64.7 Å². The van der Waals surface area contributed by atoms with Crippen LogP contribution in [0.5, 0.6) is 5.75 Å². The summed E-state index contributed by atoms with van der Waals surface area (Å²) in [5.74, 6) is 0.359. The summed E-state index contributed by atoms with van der Waals surface area (Å²) in [7, 11) is 0. The topological polar surface area (TPSA) is 43.7 Å². The molecule has 0 saturated carbocycles. The van der Waals surface area contributed by atoms with E-state index in [1.165, 1.54) is 31.2 Å². The molecule has 1 fully saturated rings. The predicted molar refractivity (Wildman–Crippen MR) is 110 cm³/mol. The lowest BCUT2D eigenvalue weighted by Crippen LogP contribution is -2.38. The van der Waals surface area contributed by atoms with Crippen molar-refractivity contribution in [2.45, 2.75) is 83.3 Å². The lowest BCUT2D eigenvalue weighted by molar-refractivity contribution is 0.0464. The maximum Gasteiger partial charge on any atom is 0.120 e. The number of benzene rings is 1. The molecular formula is C23H37NO2. The summed E-state index contributed by atoms with van der Waals surface area (Å²) in [5.41, 5.74) is 2.19. The van der Waals surface area contributed by atoms with Gasteiger partial charge in [-0.2, -0.15) is 0 Å². The largest absolute Gasteiger partial charge is 0.508 e. The van der Waals surface area contributed by atoms with Crippen LogP contribution in [0.1, 0.15) is 82.9 Å². The number of hydrogen-bond acceptors (Lipinski definition) is 3. The number of hydrogen-bond donors (Lipinski definition) is 2. The van der Waals surface area contributed by atoms with Crippen LogP contribution >= 0.6 is 0 Å². The molecule has 0 radical (unpaired) electrons. The number of nitrogens with zero attached hydrogens (tertiary/aromatic N) is 1. The fraction of sp³-hybridized carbons (Fsp3) is 0.652. The molecule has 26 heavy (non-hydrogen) atoms. The van der Waals surface area contributed by atoms with Crippen LogP contribution < -0.4 is 0 Å². The van der Waals surface area contributed by atoms with E-state index in [1.807, 2.05) is 12.1 Å². The van der Waals surface area contributed by atoms with E-state index in [9.17, 15) is 10.2 Å². The minimum atomic E-state index is -0.296. The molecule has 0 aromatic heterocycles. The number of aliphatic hydroxyl groups is 1. The SMILES string of the molecule is C=CCN1CC[C@@H](O)C[C@H]1c1ccc(C(C)(C)CCCCCC)cc1O. The molecule has 1 aliphatic heterocycles. The van der Waals surface area contributed by atoms with Gasteiger partial charge >= 0.3 is 0 Å². The Hall–Kier alpha value is -1.32. The van der Waals surface area contributed by atoms with Gasteiger partial charge < -0.3 is 10.2 Å². The van der Waals surface area contributed by atoms with E-state index in [0.717, 1.165) is 31.5 Å². The second-order valence-corrected chi connectivity index (χ2v) is 8.45. The minimum absolute atomic E-state index is 0.0541. The number of aliphatic hydroxyl groups excluding tert-OH is 1. The zero-order valence-electron chi connectivity index (χ0n) is 16.9. The first-order valence-electron chi connectivity index (χ1n) is 10.3. The molecule has 1 saturated heterocycles. The number of rotatable bonds is 9. The van der Waals surface area contributed by atoms with Gasteiger partial charge in [-0.25, -0.2) is 0 Å². The molecule has 1 aromatic rings. The number of likely N-dealkylation sites (tertiary alicyclic amines) is 1. The Bertz CT molecular complexity index is 582. The van der Waals surface area contributed by atoms with Gasteiger partial charge in [0.1, 0.15) is 5.75 Å². The zero-order chi connectivity index (χ0) is 19.2. The van der Waals surface area contributed by atoms with Gasteiger partial charge in [0.25, 0.3) is 0 Å². The van der Waals surface area contributed by atoms with Crippen molar-refractivity contribution in [3.63, 3.8) is 0 Å². The van der Waals surface area contributed by atoms with Crippen molar-refractivity contribution in [1.82, 2.24) is 4.90 Å². The Morgan fingerprint density at radius 1 is 1.27 bits per heavy atom. The highest BCUT2D eigenvalue weighted by Gasteiger charge is 2.30. The number of phenolic OH excluding ortho intramolecular Hbond substituents is 1. The van der Waals surface area contributed by atoms with Crippen LogP contribution in [0.2, 0.25) is 0 Å². The molecule has 2 rings (SSSR count). The monoisotopic (exact) mass is 359 g/mol. The van der Waals surface area contributed by atoms with Crippen molar-refractivity contribution in [3.05, 3.63) is 42.0 Å². The summed E-state index contributed by atoms with van der Waals surface area (Å²) in [6.45, 7) is 12.2. The van der Waals surface area contributed by atoms with E-state index in [4.69, 9.17) is 0 Å². The van der Waals surface area contributed by atoms with Gasteiger partial charge in [0, 0.05) is 24.7 Å². The van der Waals surface area contributed by atoms with Gasteiger partial charge in [0.2, 0.25) is 0 Å². The van der Waals surface area contributed by atoms with E-state index >= 15 is 0 Å². The molecule has 0 amide bonds. The van der Waals surface area contributed by atoms with Crippen molar-refractivity contribution in [2.75, 3.05) is 13.1 Å². The second-order valence-electron chi connectivity index (χ2n) is 8.45. The number of piperidine rings is 1. The van der Waals surface area contributed by atoms with Crippen LogP contribution in [0.3, 0.4) is 0 Å². The third kappa shape index (κ3) is 5.34. The predicted octanol–water partition coefficient (Wildman–Crippen LogP) is 5.32. The molecule has 3 heteroatoms. The number of phenols is 1. The van der Waals surface area contributed by atoms with Crippen LogP contribution in [0.15, 0.2) is 30.9 Å². The third-order valence-electron chi connectivity index (χ3n) is 5.88. The molecule has 2 atom stereocenters. The van der Waals surface area contributed by atoms with Crippen molar-refractivity contribution < 1.29 is 10.2 Å². The van der Waals surface area contributed by atoms with Crippen LogP contribution in [0, 0.1) is 0 Å². The maximum absolute atomic E-state index is 10.8. The first kappa shape index (κ1) is 21.0. The number of unbranched alkanes of at least 4 members (excludes halogenated alkanes) is 3. The summed E-state index contributed by atoms with van der Waals surface area (Å²) in [6.07, 6.45) is 9.25. The normalized spacial score (nSPS) is 21.7. The highest BCUT2D eigenvalue weighted by Crippen LogP contribution is 2.39. The van der Waals surface area contributed by atoms with E-state index in [-0.39, 0.29) is 17.6 Å². The van der Waals surface area contributed by atoms with Gasteiger partial charge in [0.15, 0.2) is 0 Å². The number of aromatic hydroxyl groups is 1. The first-order chi connectivity index (χ1) is 12.4. The zero-order valence-corrected chi connectivity index (χ0v) is 16.9. The Morgan fingerprint density at radius 3 is 2.69 bits per heavy atom. The standard InChI is InChI=1S/C23H37NO2/c1-5-7-8-9-13-23(3,4)18-10-11-20(22(26)16-18)21-17-19(25)12-15-24(21)14-6-2/h6,10-11,16,19,21,25-26H,2,5,7-9,12-15,17H2,1,3-4H3/t19-,21+/m1/s1. The van der Waals surface area contributed by atoms with Gasteiger partial charge in [0.05, 0.1) is 6.10 Å². The van der Waals surface area contributed by atoms with E-state index in [2.05, 4.69) is 44.4 Å². The minimum Gasteiger partial charge on any atom is -0.508 e. The van der Waals surface area contributed by atoms with Gasteiger partial charge in [-0.15, -0.1) is 6.58 Å². The van der Waals surface area contributed by atoms with Gasteiger partial charge in [-0.3, -0.25) is 4.90 Å². The molecule has 1 heterocycles. The highest BCUT2D eigenvalue weighted by molar-refractivity contribution is 5.41. The molecule has 146 valence electrons. The average molecular weight is 360 g/mol. The van der Waals surface area contributed by atoms with Crippen LogP contribution in [0.4, 0.5) is 0 Å². The van der Waals surface area contributed by atoms with Gasteiger partial charge in [-0.05, 0) is 36.3 Å². The molecular weight excluding hydrogens is 322 g/mol. The first-order valence-corrected chi connectivity index (χ1v) is 10.3. The lowest BCUT2D eigenvalue weighted by Gasteiger charge is -2.38. The molecule has 0 spiro atoms. The fourth-order valence-electron chi connectivity index (χ4n) is 4.09. The summed E-state index contributed by atoms with van der Waals surface area (Å²) in [5, 5.41) is 20.9. The summed E-state index contributed by atoms with van der Waals surface area (Å²) < 4.78 is 0. The van der Waals surface area contributed by atoms with Crippen molar-refractivity contribution in [2.24, 2.45) is 0 Å². The van der Waals surface area contributed by atoms with Crippen molar-refractivity contribution >= 4 is 0 Å². The molecule has 2 N–H and O–H groups in total. The Kier molecular flexibility index (Phi) is 7.72. The summed E-state index contributed by atoms with van der Waals surface area (Å²) in [6, 6.07) is 6.24. The molecule has 3 nitrogen and oxygen atoms in total. The molecule has 1 aromatic carbocycles. The lowest BCUT2D eigenvalue weighted by atomic mass is 9.79. The average Bonchev–Trinajstić information content (AvgIpc) is 2.60. The quantitative estimate of drug-likeness (QED) is 0.463. The third-order valence-corrected chi connectivity index (χ3v) is 5.88. The maximum atomic E-state index is 10.8. The molecule has 1 aliphatic rings. The van der Waals surface area contributed by atoms with Crippen LogP contribution in [-0.2, 0) is 5.41 Å². The second kappa shape index (κ2) is 9.57. The Morgan fingerprint density at radius 2 is 2.04 bits per heavy atom. The Labute approximate surface area is 159 Å². The molecule has 0 unspecified atom stereocenters. The molecule has 0 bridgehead atoms. The molecule has 0 aliphatic carbocycles. The van der Waals surface area contributed by atoms with Crippen molar-refractivity contribution in [1.29, 1.82) is 0 Å². The Balaban J connectivity index is 2.15. The summed E-state index contributed by atoms with van der Waals surface area (Å²) in [4.78, 5) is 2.30. The van der Waals surface area contributed by atoms with Crippen LogP contribution in [0.25, 0.3) is 0 Å². The van der Waals surface area contributed by atoms with E-state index < -0.39 is 0 Å². The van der Waals surface area contributed by atoms with Crippen molar-refractivity contribution in [3.8, 4) is 5.75 Å². The highest BCUT2D eigenvalue weighted by atomic mass is 16.3. The fourth-order valence-corrected chi connectivity index (χ4v) is 4.09. The smallest absolute Gasteiger partial charge is 0.120 e.